The summed E-state index contributed by atoms with van der Waals surface area (Å²) >= 11 is 0. The van der Waals surface area contributed by atoms with Gasteiger partial charge >= 0.3 is 0 Å². The van der Waals surface area contributed by atoms with Crippen molar-refractivity contribution in [1.29, 1.82) is 0 Å². The van der Waals surface area contributed by atoms with Crippen LogP contribution in [0.3, 0.4) is 0 Å². The zero-order valence-corrected chi connectivity index (χ0v) is 22.0. The van der Waals surface area contributed by atoms with E-state index in [1.807, 2.05) is 25.3 Å². The number of rotatable bonds is 18. The summed E-state index contributed by atoms with van der Waals surface area (Å²) in [7, 11) is 2.04. The topological polar surface area (TPSA) is 39.3 Å². The third-order valence-corrected chi connectivity index (χ3v) is 7.08. The Kier molecular flexibility index (Phi) is 13.6. The number of benzene rings is 1. The van der Waals surface area contributed by atoms with Crippen molar-refractivity contribution in [3.8, 4) is 0 Å². The molecule has 1 aromatic rings. The molecule has 3 unspecified atom stereocenters. The summed E-state index contributed by atoms with van der Waals surface area (Å²) in [6.07, 6.45) is 7.28. The summed E-state index contributed by atoms with van der Waals surface area (Å²) in [5, 5.41) is 11.0. The molecule has 0 aliphatic carbocycles. The highest BCUT2D eigenvalue weighted by Crippen LogP contribution is 2.21. The Morgan fingerprint density at radius 3 is 2.39 bits per heavy atom. The highest BCUT2D eigenvalue weighted by atomic mass is 19.1. The van der Waals surface area contributed by atoms with Gasteiger partial charge in [-0.15, -0.1) is 6.58 Å². The molecule has 0 saturated heterocycles. The van der Waals surface area contributed by atoms with Gasteiger partial charge in [-0.05, 0) is 64.4 Å². The number of unbranched alkanes of at least 4 members (excludes halogenated alkanes) is 1. The second-order valence-corrected chi connectivity index (χ2v) is 9.37. The van der Waals surface area contributed by atoms with Gasteiger partial charge in [-0.25, -0.2) is 4.39 Å². The van der Waals surface area contributed by atoms with Crippen LogP contribution in [0.4, 0.5) is 4.39 Å². The van der Waals surface area contributed by atoms with Crippen LogP contribution in [0.2, 0.25) is 0 Å². The van der Waals surface area contributed by atoms with E-state index in [2.05, 4.69) is 68.6 Å². The maximum Gasteiger partial charge on any atom is 0.123 e. The lowest BCUT2D eigenvalue weighted by Gasteiger charge is -2.40. The van der Waals surface area contributed by atoms with E-state index >= 15 is 0 Å². The summed E-state index contributed by atoms with van der Waals surface area (Å²) in [5.74, 6) is -0.201. The van der Waals surface area contributed by atoms with E-state index in [0.29, 0.717) is 6.04 Å². The van der Waals surface area contributed by atoms with Crippen LogP contribution < -0.4 is 16.0 Å². The minimum atomic E-state index is -0.225. The Morgan fingerprint density at radius 1 is 1.21 bits per heavy atom. The zero-order chi connectivity index (χ0) is 24.9. The molecule has 4 atom stereocenters. The van der Waals surface area contributed by atoms with Crippen LogP contribution in [-0.2, 0) is 6.42 Å². The summed E-state index contributed by atoms with van der Waals surface area (Å²) in [6, 6.07) is 7.68. The Hall–Kier alpha value is -1.69. The molecule has 0 saturated carbocycles. The molecule has 4 nitrogen and oxygen atoms in total. The molecule has 188 valence electrons. The Balaban J connectivity index is 3.02. The van der Waals surface area contributed by atoms with Crippen LogP contribution in [-0.4, -0.2) is 55.2 Å². The van der Waals surface area contributed by atoms with Gasteiger partial charge in [0.15, 0.2) is 0 Å². The quantitative estimate of drug-likeness (QED) is 0.261. The zero-order valence-electron chi connectivity index (χ0n) is 22.0. The van der Waals surface area contributed by atoms with E-state index in [1.165, 1.54) is 12.8 Å². The van der Waals surface area contributed by atoms with Gasteiger partial charge in [-0.3, -0.25) is 4.90 Å². The van der Waals surface area contributed by atoms with Gasteiger partial charge in [0.25, 0.3) is 0 Å². The van der Waals surface area contributed by atoms with E-state index in [9.17, 15) is 4.39 Å². The molecule has 0 amide bonds. The Morgan fingerprint density at radius 2 is 1.88 bits per heavy atom. The highest BCUT2D eigenvalue weighted by molar-refractivity contribution is 5.20. The lowest BCUT2D eigenvalue weighted by atomic mass is 9.91. The van der Waals surface area contributed by atoms with E-state index in [1.54, 1.807) is 12.1 Å². The molecular weight excluding hydrogens is 411 g/mol. The molecule has 5 heteroatoms. The van der Waals surface area contributed by atoms with Crippen molar-refractivity contribution in [3.63, 3.8) is 0 Å². The third-order valence-electron chi connectivity index (χ3n) is 7.08. The number of hydrogen-bond acceptors (Lipinski definition) is 4. The molecule has 0 heterocycles. The van der Waals surface area contributed by atoms with Crippen molar-refractivity contribution < 1.29 is 4.39 Å². The van der Waals surface area contributed by atoms with Crippen molar-refractivity contribution >= 4 is 0 Å². The summed E-state index contributed by atoms with van der Waals surface area (Å²) < 4.78 is 13.5. The van der Waals surface area contributed by atoms with E-state index in [-0.39, 0.29) is 23.4 Å². The number of likely N-dealkylation sites (N-methyl/N-ethyl adjacent to an activating group) is 2. The summed E-state index contributed by atoms with van der Waals surface area (Å²) in [5.41, 5.74) is 1.89. The first-order chi connectivity index (χ1) is 15.7. The monoisotopic (exact) mass is 460 g/mol. The SMILES string of the molecule is C=CCN(CC)C(C)C(Cc1ccc(F)cc1)NC(=C)[C@](C)(CC)NCC(CCCC)NC. The molecule has 0 aliphatic rings. The maximum atomic E-state index is 13.5. The minimum absolute atomic E-state index is 0.135. The predicted molar refractivity (Wildman–Crippen MR) is 142 cm³/mol. The van der Waals surface area contributed by atoms with Gasteiger partial charge in [0, 0.05) is 36.9 Å². The molecule has 0 spiro atoms. The highest BCUT2D eigenvalue weighted by Gasteiger charge is 2.30. The van der Waals surface area contributed by atoms with E-state index in [0.717, 1.165) is 50.2 Å². The Bertz CT molecular complexity index is 690. The third kappa shape index (κ3) is 9.60. The minimum Gasteiger partial charge on any atom is -0.383 e. The molecule has 0 fully saturated rings. The second kappa shape index (κ2) is 15.3. The van der Waals surface area contributed by atoms with Crippen molar-refractivity contribution in [2.45, 2.75) is 90.4 Å². The van der Waals surface area contributed by atoms with Gasteiger partial charge in [-0.1, -0.05) is 58.4 Å². The maximum absolute atomic E-state index is 13.5. The smallest absolute Gasteiger partial charge is 0.123 e. The molecule has 0 bridgehead atoms. The summed E-state index contributed by atoms with van der Waals surface area (Å²) in [4.78, 5) is 2.40. The predicted octanol–water partition coefficient (Wildman–Crippen LogP) is 5.27. The fourth-order valence-electron chi connectivity index (χ4n) is 4.20. The normalized spacial score (nSPS) is 16.1. The average Bonchev–Trinajstić information content (AvgIpc) is 2.82. The molecular formula is C28H49FN4. The van der Waals surface area contributed by atoms with E-state index < -0.39 is 0 Å². The average molecular weight is 461 g/mol. The lowest BCUT2D eigenvalue weighted by Crippen LogP contribution is -2.56. The number of halogens is 1. The van der Waals surface area contributed by atoms with Gasteiger partial charge in [0.05, 0.1) is 5.54 Å². The number of nitrogens with zero attached hydrogens (tertiary/aromatic N) is 1. The number of hydrogen-bond donors (Lipinski definition) is 3. The van der Waals surface area contributed by atoms with Crippen LogP contribution in [0.25, 0.3) is 0 Å². The molecule has 0 radical (unpaired) electrons. The van der Waals surface area contributed by atoms with Crippen LogP contribution in [0.5, 0.6) is 0 Å². The van der Waals surface area contributed by atoms with Gasteiger partial charge in [0.1, 0.15) is 5.82 Å². The molecule has 1 rings (SSSR count). The molecule has 0 aromatic heterocycles. The van der Waals surface area contributed by atoms with Gasteiger partial charge in [-0.2, -0.15) is 0 Å². The van der Waals surface area contributed by atoms with Crippen molar-refractivity contribution in [1.82, 2.24) is 20.9 Å². The first kappa shape index (κ1) is 29.3. The van der Waals surface area contributed by atoms with Crippen LogP contribution in [0, 0.1) is 5.82 Å². The number of nitrogens with one attached hydrogen (secondary N) is 3. The first-order valence-corrected chi connectivity index (χ1v) is 12.7. The fourth-order valence-corrected chi connectivity index (χ4v) is 4.20. The van der Waals surface area contributed by atoms with Crippen molar-refractivity contribution in [2.75, 3.05) is 26.7 Å². The Labute approximate surface area is 203 Å². The lowest BCUT2D eigenvalue weighted by molar-refractivity contribution is 0.193. The molecule has 0 aliphatic heterocycles. The molecule has 1 aromatic carbocycles. The first-order valence-electron chi connectivity index (χ1n) is 12.7. The summed E-state index contributed by atoms with van der Waals surface area (Å²) in [6.45, 7) is 22.2. The molecule has 33 heavy (non-hydrogen) atoms. The van der Waals surface area contributed by atoms with E-state index in [4.69, 9.17) is 0 Å². The van der Waals surface area contributed by atoms with Crippen LogP contribution in [0.1, 0.15) is 65.9 Å². The fraction of sp³-hybridized carbons (Fsp3) is 0.643. The van der Waals surface area contributed by atoms with Crippen LogP contribution in [0.15, 0.2) is 49.2 Å². The van der Waals surface area contributed by atoms with Gasteiger partial charge in [0.2, 0.25) is 0 Å². The van der Waals surface area contributed by atoms with Crippen LogP contribution >= 0.6 is 0 Å². The molecule has 3 N–H and O–H groups in total. The van der Waals surface area contributed by atoms with Crippen molar-refractivity contribution in [3.05, 3.63) is 60.6 Å². The second-order valence-electron chi connectivity index (χ2n) is 9.37. The van der Waals surface area contributed by atoms with Gasteiger partial charge < -0.3 is 16.0 Å². The standard InChI is InChI=1S/C28H49FN4/c1-9-13-14-26(30-8)21-31-28(7,11-3)23(6)32-27(22(5)33(12-4)19-10-2)20-24-15-17-25(29)18-16-24/h10,15-18,22,26-27,30-32H,2,6,9,11-14,19-21H2,1,3-5,7-8H3/t22?,26?,27?,28-/m0/s1. The largest absolute Gasteiger partial charge is 0.383 e. The van der Waals surface area contributed by atoms with Crippen molar-refractivity contribution in [2.24, 2.45) is 0 Å².